The molecule has 0 radical (unpaired) electrons. The summed E-state index contributed by atoms with van der Waals surface area (Å²) in [7, 11) is 1.77. The van der Waals surface area contributed by atoms with E-state index in [9.17, 15) is 17.6 Å². The second-order valence-electron chi connectivity index (χ2n) is 4.53. The molecule has 0 aliphatic carbocycles. The van der Waals surface area contributed by atoms with Gasteiger partial charge in [0.25, 0.3) is 0 Å². The van der Waals surface area contributed by atoms with Gasteiger partial charge in [0.2, 0.25) is 0 Å². The van der Waals surface area contributed by atoms with Crippen LogP contribution in [0.25, 0.3) is 0 Å². The largest absolute Gasteiger partial charge is 0.416 e. The second-order valence-corrected chi connectivity index (χ2v) is 4.53. The van der Waals surface area contributed by atoms with Gasteiger partial charge in [0, 0.05) is 25.7 Å². The summed E-state index contributed by atoms with van der Waals surface area (Å²) < 4.78 is 51.3. The van der Waals surface area contributed by atoms with Crippen molar-refractivity contribution in [3.63, 3.8) is 0 Å². The SMILES string of the molecule is CN(Cc1ccc(F)cc1C(F)(F)F)C1CNC1. The fraction of sp³-hybridized carbons (Fsp3) is 0.500. The Bertz CT molecular complexity index is 427. The van der Waals surface area contributed by atoms with Crippen LogP contribution in [0.1, 0.15) is 11.1 Å². The molecule has 0 amide bonds. The summed E-state index contributed by atoms with van der Waals surface area (Å²) in [5.74, 6) is -0.862. The third-order valence-corrected chi connectivity index (χ3v) is 3.18. The summed E-state index contributed by atoms with van der Waals surface area (Å²) in [6, 6.07) is 3.08. The molecule has 1 aliphatic heterocycles. The Labute approximate surface area is 103 Å². The molecule has 1 saturated heterocycles. The van der Waals surface area contributed by atoms with Gasteiger partial charge in [-0.3, -0.25) is 4.90 Å². The highest BCUT2D eigenvalue weighted by Crippen LogP contribution is 2.33. The molecule has 1 aliphatic rings. The van der Waals surface area contributed by atoms with Crippen LogP contribution in [-0.2, 0) is 12.7 Å². The van der Waals surface area contributed by atoms with E-state index in [2.05, 4.69) is 5.32 Å². The molecule has 100 valence electrons. The fourth-order valence-electron chi connectivity index (χ4n) is 1.93. The molecule has 18 heavy (non-hydrogen) atoms. The van der Waals surface area contributed by atoms with Crippen LogP contribution in [0.4, 0.5) is 17.6 Å². The van der Waals surface area contributed by atoms with Crippen LogP contribution < -0.4 is 5.32 Å². The Kier molecular flexibility index (Phi) is 3.59. The maximum atomic E-state index is 12.9. The zero-order chi connectivity index (χ0) is 13.3. The molecule has 0 saturated carbocycles. The van der Waals surface area contributed by atoms with Crippen LogP contribution in [0.3, 0.4) is 0 Å². The van der Waals surface area contributed by atoms with Crippen LogP contribution in [0.5, 0.6) is 0 Å². The van der Waals surface area contributed by atoms with Crippen LogP contribution in [0.15, 0.2) is 18.2 Å². The van der Waals surface area contributed by atoms with Crippen molar-refractivity contribution >= 4 is 0 Å². The molecule has 0 aromatic heterocycles. The predicted molar refractivity (Wildman–Crippen MR) is 59.5 cm³/mol. The lowest BCUT2D eigenvalue weighted by Crippen LogP contribution is -2.55. The molecular formula is C12H14F4N2. The quantitative estimate of drug-likeness (QED) is 0.840. The smallest absolute Gasteiger partial charge is 0.314 e. The highest BCUT2D eigenvalue weighted by Gasteiger charge is 2.34. The molecule has 1 aromatic rings. The van der Waals surface area contributed by atoms with Crippen molar-refractivity contribution in [1.29, 1.82) is 0 Å². The lowest BCUT2D eigenvalue weighted by Gasteiger charge is -2.36. The number of benzene rings is 1. The zero-order valence-electron chi connectivity index (χ0n) is 9.89. The molecule has 0 atom stereocenters. The molecule has 0 spiro atoms. The molecule has 1 fully saturated rings. The molecule has 1 heterocycles. The standard InChI is InChI=1S/C12H14F4N2/c1-18(10-5-17-6-10)7-8-2-3-9(13)4-11(8)12(14,15)16/h2-4,10,17H,5-7H2,1H3. The summed E-state index contributed by atoms with van der Waals surface area (Å²) in [4.78, 5) is 1.85. The van der Waals surface area contributed by atoms with E-state index >= 15 is 0 Å². The van der Waals surface area contributed by atoms with E-state index in [0.29, 0.717) is 6.07 Å². The van der Waals surface area contributed by atoms with Crippen molar-refractivity contribution in [2.75, 3.05) is 20.1 Å². The van der Waals surface area contributed by atoms with Crippen LogP contribution >= 0.6 is 0 Å². The van der Waals surface area contributed by atoms with Crippen LogP contribution in [0, 0.1) is 5.82 Å². The van der Waals surface area contributed by atoms with Gasteiger partial charge in [0.1, 0.15) is 5.82 Å². The van der Waals surface area contributed by atoms with Gasteiger partial charge in [-0.25, -0.2) is 4.39 Å². The maximum absolute atomic E-state index is 12.9. The molecule has 0 bridgehead atoms. The van der Waals surface area contributed by atoms with Crippen molar-refractivity contribution in [2.24, 2.45) is 0 Å². The third-order valence-electron chi connectivity index (χ3n) is 3.18. The zero-order valence-corrected chi connectivity index (χ0v) is 9.89. The van der Waals surface area contributed by atoms with E-state index in [-0.39, 0.29) is 18.2 Å². The minimum absolute atomic E-state index is 0.110. The summed E-state index contributed by atoms with van der Waals surface area (Å²) in [5.41, 5.74) is -0.778. The van der Waals surface area contributed by atoms with Gasteiger partial charge < -0.3 is 5.32 Å². The van der Waals surface area contributed by atoms with Crippen molar-refractivity contribution in [3.8, 4) is 0 Å². The Morgan fingerprint density at radius 1 is 1.33 bits per heavy atom. The number of nitrogens with zero attached hydrogens (tertiary/aromatic N) is 1. The molecule has 1 aromatic carbocycles. The van der Waals surface area contributed by atoms with Crippen molar-refractivity contribution in [3.05, 3.63) is 35.1 Å². The second kappa shape index (κ2) is 4.85. The van der Waals surface area contributed by atoms with E-state index in [1.165, 1.54) is 6.07 Å². The summed E-state index contributed by atoms with van der Waals surface area (Å²) >= 11 is 0. The van der Waals surface area contributed by atoms with E-state index < -0.39 is 17.6 Å². The number of hydrogen-bond donors (Lipinski definition) is 1. The van der Waals surface area contributed by atoms with Gasteiger partial charge in [-0.1, -0.05) is 6.07 Å². The van der Waals surface area contributed by atoms with Crippen LogP contribution in [-0.4, -0.2) is 31.1 Å². The van der Waals surface area contributed by atoms with E-state index in [0.717, 1.165) is 19.2 Å². The lowest BCUT2D eigenvalue weighted by atomic mass is 10.0. The Morgan fingerprint density at radius 2 is 2.00 bits per heavy atom. The van der Waals surface area contributed by atoms with E-state index in [4.69, 9.17) is 0 Å². The monoisotopic (exact) mass is 262 g/mol. The highest BCUT2D eigenvalue weighted by molar-refractivity contribution is 5.30. The van der Waals surface area contributed by atoms with Gasteiger partial charge in [0.15, 0.2) is 0 Å². The first-order chi connectivity index (χ1) is 8.38. The lowest BCUT2D eigenvalue weighted by molar-refractivity contribution is -0.138. The van der Waals surface area contributed by atoms with Gasteiger partial charge in [-0.05, 0) is 24.7 Å². The van der Waals surface area contributed by atoms with Crippen molar-refractivity contribution in [2.45, 2.75) is 18.8 Å². The normalized spacial score (nSPS) is 17.0. The van der Waals surface area contributed by atoms with Crippen molar-refractivity contribution < 1.29 is 17.6 Å². The third kappa shape index (κ3) is 2.81. The number of rotatable bonds is 3. The maximum Gasteiger partial charge on any atom is 0.416 e. The van der Waals surface area contributed by atoms with Gasteiger partial charge in [-0.15, -0.1) is 0 Å². The van der Waals surface area contributed by atoms with Crippen LogP contribution in [0.2, 0.25) is 0 Å². The highest BCUT2D eigenvalue weighted by atomic mass is 19.4. The Morgan fingerprint density at radius 3 is 2.50 bits per heavy atom. The molecule has 1 N–H and O–H groups in total. The number of halogens is 4. The Hall–Kier alpha value is -1.14. The number of nitrogens with one attached hydrogen (secondary N) is 1. The summed E-state index contributed by atoms with van der Waals surface area (Å²) in [6.07, 6.45) is -4.52. The minimum Gasteiger partial charge on any atom is -0.314 e. The molecule has 2 nitrogen and oxygen atoms in total. The number of alkyl halides is 3. The van der Waals surface area contributed by atoms with E-state index in [1.807, 2.05) is 4.90 Å². The average Bonchev–Trinajstić information content (AvgIpc) is 2.16. The van der Waals surface area contributed by atoms with E-state index in [1.54, 1.807) is 7.05 Å². The van der Waals surface area contributed by atoms with Gasteiger partial charge in [0.05, 0.1) is 5.56 Å². The van der Waals surface area contributed by atoms with Gasteiger partial charge in [-0.2, -0.15) is 13.2 Å². The predicted octanol–water partition coefficient (Wildman–Crippen LogP) is 2.25. The minimum atomic E-state index is -4.52. The fourth-order valence-corrected chi connectivity index (χ4v) is 1.93. The first kappa shape index (κ1) is 13.3. The number of likely N-dealkylation sites (N-methyl/N-ethyl adjacent to an activating group) is 1. The van der Waals surface area contributed by atoms with Gasteiger partial charge >= 0.3 is 6.18 Å². The number of hydrogen-bond acceptors (Lipinski definition) is 2. The van der Waals surface area contributed by atoms with Crippen molar-refractivity contribution in [1.82, 2.24) is 10.2 Å². The average molecular weight is 262 g/mol. The Balaban J connectivity index is 2.21. The first-order valence-corrected chi connectivity index (χ1v) is 5.64. The molecule has 2 rings (SSSR count). The molecule has 0 unspecified atom stereocenters. The molecular weight excluding hydrogens is 248 g/mol. The topological polar surface area (TPSA) is 15.3 Å². The molecule has 6 heteroatoms. The first-order valence-electron chi connectivity index (χ1n) is 5.64. The summed E-state index contributed by atoms with van der Waals surface area (Å²) in [6.45, 7) is 1.72. The summed E-state index contributed by atoms with van der Waals surface area (Å²) in [5, 5.41) is 3.06.